The molecule has 3 heterocycles. The lowest BCUT2D eigenvalue weighted by atomic mass is 10.0. The smallest absolute Gasteiger partial charge is 0.407 e. The van der Waals surface area contributed by atoms with E-state index in [1.54, 1.807) is 10.9 Å². The monoisotopic (exact) mass is 383 g/mol. The fourth-order valence-corrected chi connectivity index (χ4v) is 3.69. The number of nitrogens with zero attached hydrogens (tertiary/aromatic N) is 4. The van der Waals surface area contributed by atoms with Crippen molar-refractivity contribution in [3.05, 3.63) is 30.2 Å². The molecule has 9 nitrogen and oxygen atoms in total. The summed E-state index contributed by atoms with van der Waals surface area (Å²) in [6, 6.07) is 4.00. The number of H-pyrrole nitrogens is 1. The Morgan fingerprint density at radius 2 is 2.25 bits per heavy atom. The van der Waals surface area contributed by atoms with Gasteiger partial charge in [0.1, 0.15) is 11.6 Å². The number of nitrogens with one attached hydrogen (secondary N) is 3. The third kappa shape index (κ3) is 3.78. The fourth-order valence-electron chi connectivity index (χ4n) is 3.69. The van der Waals surface area contributed by atoms with Crippen LogP contribution in [0.4, 0.5) is 16.4 Å². The number of rotatable bonds is 5. The number of carbonyl (C=O) groups is 1. The predicted octanol–water partition coefficient (Wildman–Crippen LogP) is 3.21. The highest BCUT2D eigenvalue weighted by molar-refractivity contribution is 5.89. The summed E-state index contributed by atoms with van der Waals surface area (Å²) in [6.45, 7) is 3.83. The topological polar surface area (TPSA) is 110 Å². The van der Waals surface area contributed by atoms with E-state index < -0.39 is 0 Å². The summed E-state index contributed by atoms with van der Waals surface area (Å²) in [5.74, 6) is 1.71. The Morgan fingerprint density at radius 1 is 1.39 bits per heavy atom. The Bertz CT molecular complexity index is 978. The molecule has 0 spiro atoms. The summed E-state index contributed by atoms with van der Waals surface area (Å²) in [6.07, 6.45) is 5.76. The summed E-state index contributed by atoms with van der Waals surface area (Å²) in [7, 11) is 1.89. The molecule has 9 heteroatoms. The Labute approximate surface area is 162 Å². The van der Waals surface area contributed by atoms with Gasteiger partial charge in [0.05, 0.1) is 6.20 Å². The van der Waals surface area contributed by atoms with Gasteiger partial charge in [-0.05, 0) is 39.2 Å². The molecule has 28 heavy (non-hydrogen) atoms. The molecule has 0 aliphatic heterocycles. The van der Waals surface area contributed by atoms with Gasteiger partial charge in [-0.25, -0.2) is 9.78 Å². The van der Waals surface area contributed by atoms with Crippen molar-refractivity contribution in [3.63, 3.8) is 0 Å². The van der Waals surface area contributed by atoms with Crippen molar-refractivity contribution in [1.29, 1.82) is 0 Å². The van der Waals surface area contributed by atoms with Crippen molar-refractivity contribution >= 4 is 28.6 Å². The number of aromatic nitrogens is 5. The van der Waals surface area contributed by atoms with Gasteiger partial charge in [0.15, 0.2) is 11.6 Å². The van der Waals surface area contributed by atoms with E-state index in [1.165, 1.54) is 0 Å². The molecule has 0 saturated heterocycles. The number of carbonyl (C=O) groups excluding carboxylic acids is 1. The number of hydrogen-bond donors (Lipinski definition) is 3. The summed E-state index contributed by atoms with van der Waals surface area (Å²) >= 11 is 0. The van der Waals surface area contributed by atoms with Crippen LogP contribution in [0.5, 0.6) is 0 Å². The Balaban J connectivity index is 1.41. The maximum atomic E-state index is 11.8. The normalized spacial score (nSPS) is 19.3. The molecule has 2 atom stereocenters. The number of aryl methyl sites for hydroxylation is 1. The molecule has 3 N–H and O–H groups in total. The first-order chi connectivity index (χ1) is 13.5. The van der Waals surface area contributed by atoms with E-state index in [-0.39, 0.29) is 18.2 Å². The van der Waals surface area contributed by atoms with Crippen LogP contribution in [-0.2, 0) is 11.8 Å². The molecule has 1 aliphatic rings. The number of fused-ring (bicyclic) bond motifs is 1. The van der Waals surface area contributed by atoms with Gasteiger partial charge < -0.3 is 15.4 Å². The van der Waals surface area contributed by atoms with E-state index >= 15 is 0 Å². The molecular weight excluding hydrogens is 358 g/mol. The molecule has 0 aromatic carbocycles. The van der Waals surface area contributed by atoms with Crippen LogP contribution in [0.15, 0.2) is 24.5 Å². The average Bonchev–Trinajstić information content (AvgIpc) is 3.35. The highest BCUT2D eigenvalue weighted by atomic mass is 16.6. The average molecular weight is 383 g/mol. The summed E-state index contributed by atoms with van der Waals surface area (Å²) in [5, 5.41) is 18.8. The van der Waals surface area contributed by atoms with Gasteiger partial charge in [-0.2, -0.15) is 10.2 Å². The van der Waals surface area contributed by atoms with Gasteiger partial charge in [0, 0.05) is 42.4 Å². The number of ether oxygens (including phenoxy) is 1. The second-order valence-electron chi connectivity index (χ2n) is 7.54. The number of pyridine rings is 1. The number of hydrogen-bond acceptors (Lipinski definition) is 6. The molecule has 1 amide bonds. The minimum Gasteiger partial charge on any atom is -0.446 e. The van der Waals surface area contributed by atoms with E-state index in [9.17, 15) is 4.79 Å². The molecule has 0 radical (unpaired) electrons. The van der Waals surface area contributed by atoms with Gasteiger partial charge in [0.25, 0.3) is 0 Å². The number of alkyl carbamates (subject to hydrolysis) is 1. The molecule has 1 saturated carbocycles. The van der Waals surface area contributed by atoms with Crippen LogP contribution in [0.25, 0.3) is 10.9 Å². The molecular formula is C19H25N7O2. The van der Waals surface area contributed by atoms with Crippen molar-refractivity contribution < 1.29 is 9.53 Å². The SMILES string of the molecule is CC(C)NC(=O)O[C@@H]1CC[C@H](c2cc(Nc3nccc4cnn(C)c34)n[nH]2)C1. The summed E-state index contributed by atoms with van der Waals surface area (Å²) in [5.41, 5.74) is 1.97. The second kappa shape index (κ2) is 7.49. The maximum Gasteiger partial charge on any atom is 0.407 e. The van der Waals surface area contributed by atoms with Crippen molar-refractivity contribution in [2.75, 3.05) is 5.32 Å². The van der Waals surface area contributed by atoms with Gasteiger partial charge in [-0.3, -0.25) is 9.78 Å². The van der Waals surface area contributed by atoms with E-state index in [0.717, 1.165) is 35.9 Å². The van der Waals surface area contributed by atoms with Crippen molar-refractivity contribution in [2.45, 2.75) is 51.2 Å². The van der Waals surface area contributed by atoms with Gasteiger partial charge in [-0.1, -0.05) is 0 Å². The largest absolute Gasteiger partial charge is 0.446 e. The van der Waals surface area contributed by atoms with Crippen LogP contribution < -0.4 is 10.6 Å². The van der Waals surface area contributed by atoms with Crippen molar-refractivity contribution in [3.8, 4) is 0 Å². The molecule has 3 aromatic rings. The highest BCUT2D eigenvalue weighted by Crippen LogP contribution is 2.36. The number of anilines is 2. The third-order valence-electron chi connectivity index (χ3n) is 5.00. The number of aromatic amines is 1. The zero-order chi connectivity index (χ0) is 19.7. The van der Waals surface area contributed by atoms with E-state index in [2.05, 4.69) is 30.9 Å². The van der Waals surface area contributed by atoms with Gasteiger partial charge in [0.2, 0.25) is 0 Å². The molecule has 0 unspecified atom stereocenters. The molecule has 3 aromatic heterocycles. The van der Waals surface area contributed by atoms with Crippen LogP contribution in [0.3, 0.4) is 0 Å². The third-order valence-corrected chi connectivity index (χ3v) is 5.00. The zero-order valence-electron chi connectivity index (χ0n) is 16.3. The molecule has 0 bridgehead atoms. The predicted molar refractivity (Wildman–Crippen MR) is 106 cm³/mol. The first-order valence-electron chi connectivity index (χ1n) is 9.56. The minimum atomic E-state index is -0.344. The highest BCUT2D eigenvalue weighted by Gasteiger charge is 2.30. The Hall–Kier alpha value is -3.10. The first-order valence-corrected chi connectivity index (χ1v) is 9.56. The van der Waals surface area contributed by atoms with Crippen LogP contribution in [0.1, 0.15) is 44.7 Å². The summed E-state index contributed by atoms with van der Waals surface area (Å²) < 4.78 is 7.30. The van der Waals surface area contributed by atoms with Gasteiger partial charge >= 0.3 is 6.09 Å². The lowest BCUT2D eigenvalue weighted by molar-refractivity contribution is 0.0981. The van der Waals surface area contributed by atoms with Gasteiger partial charge in [-0.15, -0.1) is 0 Å². The van der Waals surface area contributed by atoms with Crippen LogP contribution in [0, 0.1) is 0 Å². The van der Waals surface area contributed by atoms with Crippen LogP contribution in [-0.4, -0.2) is 43.2 Å². The Kier molecular flexibility index (Phi) is 4.89. The Morgan fingerprint density at radius 3 is 3.07 bits per heavy atom. The van der Waals surface area contributed by atoms with Crippen molar-refractivity contribution in [1.82, 2.24) is 30.3 Å². The lowest BCUT2D eigenvalue weighted by Gasteiger charge is -2.14. The standard InChI is InChI=1S/C19H25N7O2/c1-11(2)22-19(27)28-14-5-4-12(8-14)15-9-16(25-24-15)23-18-17-13(6-7-20-18)10-21-26(17)3/h6-7,9-12,14H,4-5,8H2,1-3H3,(H,22,27)(H2,20,23,24,25)/t12-,14+/m0/s1. The van der Waals surface area contributed by atoms with Crippen molar-refractivity contribution in [2.24, 2.45) is 7.05 Å². The molecule has 148 valence electrons. The van der Waals surface area contributed by atoms with E-state index in [0.29, 0.717) is 17.6 Å². The van der Waals surface area contributed by atoms with E-state index in [4.69, 9.17) is 4.74 Å². The minimum absolute atomic E-state index is 0.0617. The molecule has 4 rings (SSSR count). The van der Waals surface area contributed by atoms with Crippen LogP contribution in [0.2, 0.25) is 0 Å². The quantitative estimate of drug-likeness (QED) is 0.624. The van der Waals surface area contributed by atoms with E-state index in [1.807, 2.05) is 39.2 Å². The zero-order valence-corrected chi connectivity index (χ0v) is 16.3. The molecule has 1 fully saturated rings. The summed E-state index contributed by atoms with van der Waals surface area (Å²) in [4.78, 5) is 16.2. The second-order valence-corrected chi connectivity index (χ2v) is 7.54. The maximum absolute atomic E-state index is 11.8. The molecule has 1 aliphatic carbocycles. The lowest BCUT2D eigenvalue weighted by Crippen LogP contribution is -2.33. The number of amides is 1. The van der Waals surface area contributed by atoms with Crippen LogP contribution >= 0.6 is 0 Å². The first kappa shape index (κ1) is 18.3. The fraction of sp³-hybridized carbons (Fsp3) is 0.474.